The second-order valence-electron chi connectivity index (χ2n) is 8.05. The molecule has 0 radical (unpaired) electrons. The zero-order valence-electron chi connectivity index (χ0n) is 21.2. The zero-order chi connectivity index (χ0) is 27.7. The molecule has 0 unspecified atom stereocenters. The number of ketones is 1. The van der Waals surface area contributed by atoms with Crippen LogP contribution in [0.15, 0.2) is 54.1 Å². The standard InChI is InChI=1S/C29H26FNO6S/c1-4-35-28(33)26-18(3)27(29(34)36-5-2)38-25(26)15-24(32)21(16-31)14-19-8-12-23(13-9-19)37-17-20-6-10-22(30)11-7-20/h6-14H,4-5,15,17H2,1-3H3/b21-14+. The molecule has 1 aromatic heterocycles. The number of benzene rings is 2. The van der Waals surface area contributed by atoms with Crippen LogP contribution in [0.3, 0.4) is 0 Å². The highest BCUT2D eigenvalue weighted by atomic mass is 32.1. The van der Waals surface area contributed by atoms with Crippen LogP contribution in [-0.4, -0.2) is 30.9 Å². The Morgan fingerprint density at radius 1 is 0.974 bits per heavy atom. The van der Waals surface area contributed by atoms with Crippen LogP contribution >= 0.6 is 11.3 Å². The molecule has 38 heavy (non-hydrogen) atoms. The normalized spacial score (nSPS) is 11.0. The van der Waals surface area contributed by atoms with E-state index in [1.54, 1.807) is 57.2 Å². The molecule has 0 aliphatic carbocycles. The predicted octanol–water partition coefficient (Wildman–Crippen LogP) is 5.85. The van der Waals surface area contributed by atoms with E-state index in [2.05, 4.69) is 0 Å². The molecular weight excluding hydrogens is 509 g/mol. The number of thiophene rings is 1. The maximum Gasteiger partial charge on any atom is 0.348 e. The first-order valence-electron chi connectivity index (χ1n) is 11.9. The van der Waals surface area contributed by atoms with E-state index in [1.165, 1.54) is 18.2 Å². The molecule has 0 bridgehead atoms. The van der Waals surface area contributed by atoms with Gasteiger partial charge in [-0.1, -0.05) is 24.3 Å². The number of Topliss-reactive ketones (excluding diaryl/α,β-unsaturated/α-hetero) is 1. The van der Waals surface area contributed by atoms with Crippen LogP contribution in [0.1, 0.15) is 55.4 Å². The van der Waals surface area contributed by atoms with Gasteiger partial charge in [-0.05, 0) is 67.8 Å². The first-order chi connectivity index (χ1) is 18.3. The lowest BCUT2D eigenvalue weighted by Crippen LogP contribution is -2.12. The molecule has 0 aliphatic rings. The molecule has 9 heteroatoms. The number of esters is 2. The fourth-order valence-corrected chi connectivity index (χ4v) is 4.74. The number of carbonyl (C=O) groups is 3. The smallest absolute Gasteiger partial charge is 0.348 e. The third-order valence-corrected chi connectivity index (χ3v) is 6.68. The molecule has 3 aromatic rings. The van der Waals surface area contributed by atoms with E-state index >= 15 is 0 Å². The molecule has 0 aliphatic heterocycles. The molecule has 0 spiro atoms. The van der Waals surface area contributed by atoms with E-state index in [4.69, 9.17) is 14.2 Å². The summed E-state index contributed by atoms with van der Waals surface area (Å²) in [5.74, 6) is -1.49. The van der Waals surface area contributed by atoms with E-state index in [-0.39, 0.29) is 48.1 Å². The Kier molecular flexibility index (Phi) is 9.91. The molecule has 7 nitrogen and oxygen atoms in total. The summed E-state index contributed by atoms with van der Waals surface area (Å²) in [6, 6.07) is 14.7. The molecule has 0 atom stereocenters. The Bertz CT molecular complexity index is 1380. The topological polar surface area (TPSA) is 103 Å². The number of rotatable bonds is 11. The molecule has 2 aromatic carbocycles. The van der Waals surface area contributed by atoms with Crippen LogP contribution in [0, 0.1) is 24.1 Å². The summed E-state index contributed by atoms with van der Waals surface area (Å²) in [5, 5.41) is 9.65. The van der Waals surface area contributed by atoms with Gasteiger partial charge in [0.25, 0.3) is 0 Å². The van der Waals surface area contributed by atoms with E-state index in [1.807, 2.05) is 6.07 Å². The van der Waals surface area contributed by atoms with Crippen molar-refractivity contribution in [2.24, 2.45) is 0 Å². The van der Waals surface area contributed by atoms with Crippen LogP contribution in [0.25, 0.3) is 6.08 Å². The zero-order valence-corrected chi connectivity index (χ0v) is 22.0. The van der Waals surface area contributed by atoms with Gasteiger partial charge in [0.15, 0.2) is 5.78 Å². The fraction of sp³-hybridized carbons (Fsp3) is 0.241. The Morgan fingerprint density at radius 3 is 2.21 bits per heavy atom. The molecule has 0 saturated heterocycles. The van der Waals surface area contributed by atoms with Crippen LogP contribution < -0.4 is 4.74 Å². The predicted molar refractivity (Wildman–Crippen MR) is 140 cm³/mol. The van der Waals surface area contributed by atoms with E-state index in [0.717, 1.165) is 16.9 Å². The molecule has 0 N–H and O–H groups in total. The molecular formula is C29H26FNO6S. The summed E-state index contributed by atoms with van der Waals surface area (Å²) < 4.78 is 28.9. The first-order valence-corrected chi connectivity index (χ1v) is 12.7. The SMILES string of the molecule is CCOC(=O)c1sc(CC(=O)/C(C#N)=C/c2ccc(OCc3ccc(F)cc3)cc2)c(C(=O)OCC)c1C. The minimum Gasteiger partial charge on any atom is -0.489 e. The summed E-state index contributed by atoms with van der Waals surface area (Å²) >= 11 is 0.987. The van der Waals surface area contributed by atoms with Gasteiger partial charge in [-0.3, -0.25) is 4.79 Å². The number of carbonyl (C=O) groups excluding carboxylic acids is 3. The van der Waals surface area contributed by atoms with Crippen LogP contribution in [-0.2, 0) is 27.3 Å². The number of hydrogen-bond donors (Lipinski definition) is 0. The van der Waals surface area contributed by atoms with Crippen molar-refractivity contribution in [2.75, 3.05) is 13.2 Å². The van der Waals surface area contributed by atoms with Crippen LogP contribution in [0.2, 0.25) is 0 Å². The van der Waals surface area contributed by atoms with Crippen molar-refractivity contribution >= 4 is 35.1 Å². The average Bonchev–Trinajstić information content (AvgIpc) is 3.23. The molecule has 0 fully saturated rings. The van der Waals surface area contributed by atoms with E-state index in [0.29, 0.717) is 21.8 Å². The van der Waals surface area contributed by atoms with Gasteiger partial charge in [0.05, 0.1) is 24.4 Å². The summed E-state index contributed by atoms with van der Waals surface area (Å²) in [7, 11) is 0. The summed E-state index contributed by atoms with van der Waals surface area (Å²) in [6.45, 7) is 5.48. The number of allylic oxidation sites excluding steroid dienone is 1. The third kappa shape index (κ3) is 7.14. The number of ether oxygens (including phenoxy) is 3. The second kappa shape index (κ2) is 13.3. The van der Waals surface area contributed by atoms with Crippen LogP contribution in [0.4, 0.5) is 4.39 Å². The van der Waals surface area contributed by atoms with Crippen molar-refractivity contribution in [3.05, 3.63) is 91.9 Å². The lowest BCUT2D eigenvalue weighted by Gasteiger charge is -2.07. The number of hydrogen-bond acceptors (Lipinski definition) is 8. The van der Waals surface area contributed by atoms with Crippen molar-refractivity contribution in [3.8, 4) is 11.8 Å². The van der Waals surface area contributed by atoms with Crippen molar-refractivity contribution in [1.82, 2.24) is 0 Å². The number of nitrogens with zero attached hydrogens (tertiary/aromatic N) is 1. The third-order valence-electron chi connectivity index (χ3n) is 5.41. The van der Waals surface area contributed by atoms with Gasteiger partial charge in [-0.25, -0.2) is 14.0 Å². The Labute approximate surface area is 224 Å². The Morgan fingerprint density at radius 2 is 1.61 bits per heavy atom. The molecule has 3 rings (SSSR count). The van der Waals surface area contributed by atoms with Crippen molar-refractivity contribution in [3.63, 3.8) is 0 Å². The minimum absolute atomic E-state index is 0.108. The van der Waals surface area contributed by atoms with Gasteiger partial charge in [-0.15, -0.1) is 11.3 Å². The average molecular weight is 536 g/mol. The lowest BCUT2D eigenvalue weighted by molar-refractivity contribution is -0.114. The summed E-state index contributed by atoms with van der Waals surface area (Å²) in [4.78, 5) is 38.5. The summed E-state index contributed by atoms with van der Waals surface area (Å²) in [6.07, 6.45) is 1.19. The lowest BCUT2D eigenvalue weighted by atomic mass is 10.0. The highest BCUT2D eigenvalue weighted by Crippen LogP contribution is 2.31. The Hall–Kier alpha value is -4.29. The molecule has 0 amide bonds. The maximum atomic E-state index is 13.0. The monoisotopic (exact) mass is 535 g/mol. The quantitative estimate of drug-likeness (QED) is 0.172. The van der Waals surface area contributed by atoms with Crippen molar-refractivity contribution < 1.29 is 33.0 Å². The molecule has 0 saturated carbocycles. The molecule has 1 heterocycles. The van der Waals surface area contributed by atoms with Gasteiger partial charge < -0.3 is 14.2 Å². The molecule has 196 valence electrons. The van der Waals surface area contributed by atoms with Gasteiger partial charge in [-0.2, -0.15) is 5.26 Å². The van der Waals surface area contributed by atoms with Gasteiger partial charge in [0.2, 0.25) is 0 Å². The fourth-order valence-electron chi connectivity index (χ4n) is 3.55. The van der Waals surface area contributed by atoms with Gasteiger partial charge in [0, 0.05) is 11.3 Å². The Balaban J connectivity index is 1.77. The highest BCUT2D eigenvalue weighted by molar-refractivity contribution is 7.14. The van der Waals surface area contributed by atoms with Crippen LogP contribution in [0.5, 0.6) is 5.75 Å². The second-order valence-corrected chi connectivity index (χ2v) is 9.15. The number of nitriles is 1. The minimum atomic E-state index is -0.640. The van der Waals surface area contributed by atoms with Gasteiger partial charge >= 0.3 is 11.9 Å². The summed E-state index contributed by atoms with van der Waals surface area (Å²) in [5.41, 5.74) is 1.83. The van der Waals surface area contributed by atoms with Crippen molar-refractivity contribution in [1.29, 1.82) is 5.26 Å². The van der Waals surface area contributed by atoms with Gasteiger partial charge in [0.1, 0.15) is 29.1 Å². The van der Waals surface area contributed by atoms with E-state index < -0.39 is 17.7 Å². The largest absolute Gasteiger partial charge is 0.489 e. The van der Waals surface area contributed by atoms with Crippen molar-refractivity contribution in [2.45, 2.75) is 33.8 Å². The highest BCUT2D eigenvalue weighted by Gasteiger charge is 2.28. The van der Waals surface area contributed by atoms with E-state index in [9.17, 15) is 24.0 Å². The number of halogens is 1. The maximum absolute atomic E-state index is 13.0. The first kappa shape index (κ1) is 28.3.